The molecule has 0 N–H and O–H groups in total. The van der Waals surface area contributed by atoms with Gasteiger partial charge in [-0.15, -0.1) is 9.19 Å². The van der Waals surface area contributed by atoms with Gasteiger partial charge in [0.2, 0.25) is 0 Å². The van der Waals surface area contributed by atoms with Crippen molar-refractivity contribution >= 4 is 48.1 Å². The lowest BCUT2D eigenvalue weighted by Gasteiger charge is -2.17. The molecule has 1 heterocycles. The summed E-state index contributed by atoms with van der Waals surface area (Å²) in [5.41, 5.74) is -0.0590. The molecular formula is C17H15ClF2N6O6S3. The monoisotopic (exact) mass is 568 g/mol. The Morgan fingerprint density at radius 1 is 0.943 bits per heavy atom. The summed E-state index contributed by atoms with van der Waals surface area (Å²) in [6.45, 7) is 0. The van der Waals surface area contributed by atoms with Gasteiger partial charge in [0.05, 0.1) is 16.1 Å². The highest BCUT2D eigenvalue weighted by Gasteiger charge is 2.39. The molecule has 188 valence electrons. The van der Waals surface area contributed by atoms with Gasteiger partial charge < -0.3 is 0 Å². The molecule has 3 aromatic rings. The molecule has 12 nitrogen and oxygen atoms in total. The zero-order valence-corrected chi connectivity index (χ0v) is 20.9. The maximum Gasteiger partial charge on any atom is 0.330 e. The number of aromatic nitrogens is 3. The van der Waals surface area contributed by atoms with Gasteiger partial charge in [-0.3, -0.25) is 0 Å². The lowest BCUT2D eigenvalue weighted by Crippen LogP contribution is -2.34. The van der Waals surface area contributed by atoms with Crippen molar-refractivity contribution in [3.63, 3.8) is 0 Å². The van der Waals surface area contributed by atoms with Gasteiger partial charge in [0.15, 0.2) is 0 Å². The van der Waals surface area contributed by atoms with E-state index in [1.54, 1.807) is 0 Å². The molecule has 1 aromatic heterocycles. The Balaban J connectivity index is 2.18. The van der Waals surface area contributed by atoms with Crippen molar-refractivity contribution in [2.45, 2.75) is 10.1 Å². The predicted octanol–water partition coefficient (Wildman–Crippen LogP) is 1.28. The first-order valence-corrected chi connectivity index (χ1v) is 13.7. The maximum atomic E-state index is 13.3. The van der Waals surface area contributed by atoms with E-state index >= 15 is 0 Å². The molecule has 0 atom stereocenters. The van der Waals surface area contributed by atoms with Crippen molar-refractivity contribution in [2.75, 3.05) is 14.1 Å². The molecule has 0 unspecified atom stereocenters. The van der Waals surface area contributed by atoms with Crippen LogP contribution in [0.4, 0.5) is 8.78 Å². The molecule has 0 saturated heterocycles. The summed E-state index contributed by atoms with van der Waals surface area (Å²) in [7, 11) is -12.3. The third-order valence-electron chi connectivity index (χ3n) is 4.16. The molecule has 0 amide bonds. The molecule has 35 heavy (non-hydrogen) atoms. The summed E-state index contributed by atoms with van der Waals surface area (Å²) in [5, 5.41) is 5.42. The van der Waals surface area contributed by atoms with Crippen LogP contribution in [0.25, 0.3) is 0 Å². The quantitative estimate of drug-likeness (QED) is 0.291. The average molecular weight is 569 g/mol. The maximum absolute atomic E-state index is 13.3. The van der Waals surface area contributed by atoms with Crippen LogP contribution in [0.15, 0.2) is 63.9 Å². The summed E-state index contributed by atoms with van der Waals surface area (Å²) in [6, 6.07) is 6.07. The minimum atomic E-state index is -5.26. The molecule has 3 rings (SSSR count). The number of hydrazone groups is 1. The summed E-state index contributed by atoms with van der Waals surface area (Å²) in [5.74, 6) is -1.51. The van der Waals surface area contributed by atoms with Crippen molar-refractivity contribution in [1.29, 1.82) is 0 Å². The second-order valence-corrected chi connectivity index (χ2v) is 12.8. The SMILES string of the molecule is CN(C)S(=O)(=O)n1cnc(S(=O)(=O)N(/N=C/c2ccc(F)cc2Cl)S(=O)(=O)c2ccc(F)cc2)n1. The first-order chi connectivity index (χ1) is 16.2. The number of sulfonamides is 2. The topological polar surface area (TPSA) is 152 Å². The minimum Gasteiger partial charge on any atom is -0.207 e. The zero-order chi connectivity index (χ0) is 26.2. The van der Waals surface area contributed by atoms with Gasteiger partial charge in [-0.2, -0.15) is 34.7 Å². The molecular weight excluding hydrogens is 554 g/mol. The highest BCUT2D eigenvalue weighted by molar-refractivity contribution is 8.03. The number of halogens is 3. The molecule has 0 aliphatic rings. The van der Waals surface area contributed by atoms with Crippen LogP contribution in [0.1, 0.15) is 5.56 Å². The van der Waals surface area contributed by atoms with Gasteiger partial charge in [-0.25, -0.2) is 13.8 Å². The van der Waals surface area contributed by atoms with Gasteiger partial charge in [-0.05, 0) is 42.5 Å². The van der Waals surface area contributed by atoms with Crippen LogP contribution in [0, 0.1) is 11.6 Å². The number of benzene rings is 2. The second-order valence-electron chi connectivity index (χ2n) is 6.74. The summed E-state index contributed by atoms with van der Waals surface area (Å²) < 4.78 is 104. The molecule has 0 aliphatic heterocycles. The van der Waals surface area contributed by atoms with Crippen molar-refractivity contribution < 1.29 is 34.0 Å². The average Bonchev–Trinajstić information content (AvgIpc) is 3.27. The van der Waals surface area contributed by atoms with Gasteiger partial charge in [0, 0.05) is 19.7 Å². The zero-order valence-electron chi connectivity index (χ0n) is 17.7. The Kier molecular flexibility index (Phi) is 7.28. The number of rotatable bonds is 8. The number of hydrogen-bond donors (Lipinski definition) is 0. The molecule has 0 saturated carbocycles. The lowest BCUT2D eigenvalue weighted by atomic mass is 10.2. The largest absolute Gasteiger partial charge is 0.330 e. The highest BCUT2D eigenvalue weighted by Crippen LogP contribution is 2.24. The van der Waals surface area contributed by atoms with Crippen LogP contribution >= 0.6 is 11.6 Å². The van der Waals surface area contributed by atoms with E-state index in [1.165, 1.54) is 0 Å². The van der Waals surface area contributed by atoms with Crippen LogP contribution in [0.3, 0.4) is 0 Å². The fourth-order valence-corrected chi connectivity index (χ4v) is 6.32. The fraction of sp³-hybridized carbons (Fsp3) is 0.118. The van der Waals surface area contributed by atoms with E-state index in [9.17, 15) is 34.0 Å². The number of nitrogens with zero attached hydrogens (tertiary/aromatic N) is 6. The third-order valence-corrected chi connectivity index (χ3v) is 9.76. The molecule has 0 fully saturated rings. The minimum absolute atomic E-state index is 0.0590. The van der Waals surface area contributed by atoms with E-state index in [1.807, 2.05) is 0 Å². The Morgan fingerprint density at radius 2 is 1.54 bits per heavy atom. The first-order valence-electron chi connectivity index (χ1n) is 9.07. The van der Waals surface area contributed by atoms with Crippen LogP contribution < -0.4 is 0 Å². The lowest BCUT2D eigenvalue weighted by molar-refractivity contribution is 0.497. The van der Waals surface area contributed by atoms with E-state index in [0.717, 1.165) is 56.6 Å². The van der Waals surface area contributed by atoms with E-state index in [4.69, 9.17) is 11.6 Å². The van der Waals surface area contributed by atoms with E-state index in [0.29, 0.717) is 16.8 Å². The van der Waals surface area contributed by atoms with Crippen molar-refractivity contribution in [3.8, 4) is 0 Å². The van der Waals surface area contributed by atoms with Gasteiger partial charge in [0.1, 0.15) is 18.0 Å². The van der Waals surface area contributed by atoms with E-state index < -0.39 is 51.9 Å². The smallest absolute Gasteiger partial charge is 0.207 e. The molecule has 0 bridgehead atoms. The first kappa shape index (κ1) is 26.6. The Labute approximate surface area is 204 Å². The summed E-state index contributed by atoms with van der Waals surface area (Å²) in [6.07, 6.45) is 1.26. The molecule has 18 heteroatoms. The molecule has 0 spiro atoms. The standard InChI is InChI=1S/C17H15ClF2N6O6S3/c1-24(2)35(31,32)25-11-21-17(23-25)34(29,30)26(22-10-12-3-4-14(20)9-16(12)18)33(27,28)15-7-5-13(19)6-8-15/h3-11H,1-2H3/b22-10+. The second kappa shape index (κ2) is 9.57. The summed E-state index contributed by atoms with van der Waals surface area (Å²) in [4.78, 5) is 2.73. The Hall–Kier alpha value is -2.99. The highest BCUT2D eigenvalue weighted by atomic mass is 35.5. The van der Waals surface area contributed by atoms with Crippen LogP contribution in [0.2, 0.25) is 5.02 Å². The van der Waals surface area contributed by atoms with Gasteiger partial charge in [-0.1, -0.05) is 15.4 Å². The normalized spacial score (nSPS) is 13.0. The number of hydrogen-bond acceptors (Lipinski definition) is 9. The van der Waals surface area contributed by atoms with Crippen molar-refractivity contribution in [1.82, 2.24) is 22.3 Å². The fourth-order valence-electron chi connectivity index (χ4n) is 2.37. The van der Waals surface area contributed by atoms with Gasteiger partial charge >= 0.3 is 20.2 Å². The van der Waals surface area contributed by atoms with Crippen LogP contribution in [-0.2, 0) is 30.3 Å². The molecule has 0 radical (unpaired) electrons. The summed E-state index contributed by atoms with van der Waals surface area (Å²) >= 11 is 5.89. The van der Waals surface area contributed by atoms with E-state index in [2.05, 4.69) is 15.2 Å². The van der Waals surface area contributed by atoms with E-state index in [-0.39, 0.29) is 18.5 Å². The van der Waals surface area contributed by atoms with Crippen LogP contribution in [0.5, 0.6) is 0 Å². The van der Waals surface area contributed by atoms with Crippen molar-refractivity contribution in [3.05, 3.63) is 71.0 Å². The molecule has 0 aliphatic carbocycles. The Bertz CT molecular complexity index is 1610. The third kappa shape index (κ3) is 5.32. The predicted molar refractivity (Wildman–Crippen MR) is 120 cm³/mol. The van der Waals surface area contributed by atoms with Crippen LogP contribution in [-0.4, -0.2) is 67.9 Å². The van der Waals surface area contributed by atoms with Gasteiger partial charge in [0.25, 0.3) is 15.2 Å². The molecule has 2 aromatic carbocycles. The Morgan fingerprint density at radius 3 is 2.11 bits per heavy atom. The van der Waals surface area contributed by atoms with Crippen molar-refractivity contribution in [2.24, 2.45) is 5.10 Å².